The van der Waals surface area contributed by atoms with Gasteiger partial charge in [0.15, 0.2) is 0 Å². The van der Waals surface area contributed by atoms with E-state index in [1.165, 1.54) is 11.3 Å². The first-order chi connectivity index (χ1) is 8.58. The molecular formula is C12H12ClN3OS. The Kier molecular flexibility index (Phi) is 3.93. The van der Waals surface area contributed by atoms with Crippen molar-refractivity contribution in [2.24, 2.45) is 0 Å². The van der Waals surface area contributed by atoms with Gasteiger partial charge in [-0.05, 0) is 19.4 Å². The molecule has 1 aromatic carbocycles. The third kappa shape index (κ3) is 2.86. The van der Waals surface area contributed by atoms with Crippen LogP contribution in [0.3, 0.4) is 0 Å². The van der Waals surface area contributed by atoms with Gasteiger partial charge in [0.2, 0.25) is 11.0 Å². The summed E-state index contributed by atoms with van der Waals surface area (Å²) >= 11 is 7.00. The van der Waals surface area contributed by atoms with E-state index < -0.39 is 5.38 Å². The number of aryl methyl sites for hydroxylation is 1. The molecule has 2 rings (SSSR count). The number of hydrogen-bond donors (Lipinski definition) is 1. The average molecular weight is 282 g/mol. The Hall–Kier alpha value is -1.46. The monoisotopic (exact) mass is 281 g/mol. The molecule has 0 radical (unpaired) electrons. The maximum absolute atomic E-state index is 11.4. The molecule has 1 heterocycles. The summed E-state index contributed by atoms with van der Waals surface area (Å²) < 4.78 is 0. The zero-order chi connectivity index (χ0) is 13.1. The number of benzene rings is 1. The second kappa shape index (κ2) is 5.46. The van der Waals surface area contributed by atoms with E-state index in [0.29, 0.717) is 5.13 Å². The minimum atomic E-state index is -0.587. The predicted octanol–water partition coefficient (Wildman–Crippen LogP) is 3.08. The summed E-state index contributed by atoms with van der Waals surface area (Å²) in [5.41, 5.74) is 2.15. The van der Waals surface area contributed by atoms with E-state index in [2.05, 4.69) is 15.5 Å². The SMILES string of the molecule is Cc1ccccc1-c1nnc(NC(=O)[C@H](C)Cl)s1. The third-order valence-electron chi connectivity index (χ3n) is 2.39. The molecular weight excluding hydrogens is 270 g/mol. The molecule has 1 amide bonds. The lowest BCUT2D eigenvalue weighted by Gasteiger charge is -2.01. The van der Waals surface area contributed by atoms with Crippen LogP contribution in [-0.2, 0) is 4.79 Å². The first kappa shape index (κ1) is 13.0. The lowest BCUT2D eigenvalue weighted by Crippen LogP contribution is -2.20. The number of carbonyl (C=O) groups is 1. The fraction of sp³-hybridized carbons (Fsp3) is 0.250. The minimum absolute atomic E-state index is 0.274. The summed E-state index contributed by atoms with van der Waals surface area (Å²) in [7, 11) is 0. The first-order valence-corrected chi connectivity index (χ1v) is 6.67. The fourth-order valence-corrected chi connectivity index (χ4v) is 2.29. The lowest BCUT2D eigenvalue weighted by atomic mass is 10.1. The number of aromatic nitrogens is 2. The van der Waals surface area contributed by atoms with E-state index >= 15 is 0 Å². The number of hydrogen-bond acceptors (Lipinski definition) is 4. The van der Waals surface area contributed by atoms with Crippen molar-refractivity contribution in [1.29, 1.82) is 0 Å². The molecule has 4 nitrogen and oxygen atoms in total. The molecule has 1 atom stereocenters. The average Bonchev–Trinajstić information content (AvgIpc) is 2.77. The molecule has 0 spiro atoms. The molecule has 0 saturated heterocycles. The smallest absolute Gasteiger partial charge is 0.243 e. The summed E-state index contributed by atoms with van der Waals surface area (Å²) in [6.07, 6.45) is 0. The van der Waals surface area contributed by atoms with Crippen LogP contribution in [0.1, 0.15) is 12.5 Å². The molecule has 0 unspecified atom stereocenters. The molecule has 0 aliphatic carbocycles. The van der Waals surface area contributed by atoms with Gasteiger partial charge < -0.3 is 0 Å². The van der Waals surface area contributed by atoms with E-state index in [9.17, 15) is 4.79 Å². The Morgan fingerprint density at radius 1 is 1.39 bits per heavy atom. The largest absolute Gasteiger partial charge is 0.299 e. The van der Waals surface area contributed by atoms with Crippen molar-refractivity contribution in [3.8, 4) is 10.6 Å². The van der Waals surface area contributed by atoms with Crippen molar-refractivity contribution >= 4 is 34.0 Å². The van der Waals surface area contributed by atoms with Gasteiger partial charge >= 0.3 is 0 Å². The Balaban J connectivity index is 2.21. The molecule has 0 aliphatic rings. The van der Waals surface area contributed by atoms with Crippen LogP contribution in [0.4, 0.5) is 5.13 Å². The van der Waals surface area contributed by atoms with Crippen LogP contribution in [0.15, 0.2) is 24.3 Å². The summed E-state index contributed by atoms with van der Waals surface area (Å²) in [4.78, 5) is 11.4. The highest BCUT2D eigenvalue weighted by molar-refractivity contribution is 7.18. The second-order valence-electron chi connectivity index (χ2n) is 3.83. The number of amides is 1. The second-order valence-corrected chi connectivity index (χ2v) is 5.46. The van der Waals surface area contributed by atoms with Crippen LogP contribution in [0.5, 0.6) is 0 Å². The number of anilines is 1. The van der Waals surface area contributed by atoms with Crippen molar-refractivity contribution in [2.45, 2.75) is 19.2 Å². The van der Waals surface area contributed by atoms with E-state index in [4.69, 9.17) is 11.6 Å². The summed E-state index contributed by atoms with van der Waals surface area (Å²) in [6, 6.07) is 7.90. The first-order valence-electron chi connectivity index (χ1n) is 5.42. The number of halogens is 1. The van der Waals surface area contributed by atoms with Crippen molar-refractivity contribution in [2.75, 3.05) is 5.32 Å². The van der Waals surface area contributed by atoms with Gasteiger partial charge in [-0.1, -0.05) is 35.6 Å². The zero-order valence-electron chi connectivity index (χ0n) is 9.98. The van der Waals surface area contributed by atoms with Crippen LogP contribution in [0.2, 0.25) is 0 Å². The van der Waals surface area contributed by atoms with Crippen molar-refractivity contribution in [3.05, 3.63) is 29.8 Å². The van der Waals surface area contributed by atoms with Gasteiger partial charge in [0.05, 0.1) is 0 Å². The van der Waals surface area contributed by atoms with Gasteiger partial charge in [-0.25, -0.2) is 0 Å². The Bertz CT molecular complexity index is 568. The highest BCUT2D eigenvalue weighted by Crippen LogP contribution is 2.28. The molecule has 0 aliphatic heterocycles. The van der Waals surface area contributed by atoms with Crippen LogP contribution in [0.25, 0.3) is 10.6 Å². The summed E-state index contributed by atoms with van der Waals surface area (Å²) in [6.45, 7) is 3.62. The highest BCUT2D eigenvalue weighted by Gasteiger charge is 2.13. The predicted molar refractivity (Wildman–Crippen MR) is 74.0 cm³/mol. The van der Waals surface area contributed by atoms with Crippen LogP contribution in [-0.4, -0.2) is 21.5 Å². The zero-order valence-corrected chi connectivity index (χ0v) is 11.5. The summed E-state index contributed by atoms with van der Waals surface area (Å²) in [5.74, 6) is -0.274. The Morgan fingerprint density at radius 2 is 2.11 bits per heavy atom. The normalized spacial score (nSPS) is 12.2. The number of nitrogens with one attached hydrogen (secondary N) is 1. The van der Waals surface area contributed by atoms with Crippen molar-refractivity contribution in [1.82, 2.24) is 10.2 Å². The lowest BCUT2D eigenvalue weighted by molar-refractivity contribution is -0.115. The molecule has 0 fully saturated rings. The molecule has 18 heavy (non-hydrogen) atoms. The number of rotatable bonds is 3. The van der Waals surface area contributed by atoms with Gasteiger partial charge in [0.1, 0.15) is 10.4 Å². The molecule has 0 saturated carbocycles. The summed E-state index contributed by atoms with van der Waals surface area (Å²) in [5, 5.41) is 11.3. The molecule has 94 valence electrons. The quantitative estimate of drug-likeness (QED) is 0.880. The number of nitrogens with zero attached hydrogens (tertiary/aromatic N) is 2. The molecule has 1 aromatic heterocycles. The Labute approximate surface area is 114 Å². The number of carbonyl (C=O) groups excluding carboxylic acids is 1. The number of alkyl halides is 1. The van der Waals surface area contributed by atoms with E-state index in [1.54, 1.807) is 6.92 Å². The highest BCUT2D eigenvalue weighted by atomic mass is 35.5. The van der Waals surface area contributed by atoms with Crippen molar-refractivity contribution < 1.29 is 4.79 Å². The van der Waals surface area contributed by atoms with Crippen LogP contribution in [0, 0.1) is 6.92 Å². The minimum Gasteiger partial charge on any atom is -0.299 e. The van der Waals surface area contributed by atoms with Gasteiger partial charge in [-0.15, -0.1) is 21.8 Å². The van der Waals surface area contributed by atoms with E-state index in [1.807, 2.05) is 31.2 Å². The molecule has 1 N–H and O–H groups in total. The van der Waals surface area contributed by atoms with Gasteiger partial charge in [-0.2, -0.15) is 0 Å². The Morgan fingerprint density at radius 3 is 2.78 bits per heavy atom. The molecule has 0 bridgehead atoms. The van der Waals surface area contributed by atoms with Gasteiger partial charge in [0, 0.05) is 5.56 Å². The standard InChI is InChI=1S/C12H12ClN3OS/c1-7-5-3-4-6-9(7)11-15-16-12(18-11)14-10(17)8(2)13/h3-6,8H,1-2H3,(H,14,16,17)/t8-/m0/s1. The third-order valence-corrected chi connectivity index (χ3v) is 3.46. The van der Waals surface area contributed by atoms with Crippen molar-refractivity contribution in [3.63, 3.8) is 0 Å². The van der Waals surface area contributed by atoms with Gasteiger partial charge in [-0.3, -0.25) is 10.1 Å². The maximum atomic E-state index is 11.4. The topological polar surface area (TPSA) is 54.9 Å². The molecule has 2 aromatic rings. The van der Waals surface area contributed by atoms with Crippen LogP contribution >= 0.6 is 22.9 Å². The van der Waals surface area contributed by atoms with Crippen LogP contribution < -0.4 is 5.32 Å². The molecule has 6 heteroatoms. The maximum Gasteiger partial charge on any atom is 0.243 e. The van der Waals surface area contributed by atoms with Gasteiger partial charge in [0.25, 0.3) is 0 Å². The van der Waals surface area contributed by atoms with E-state index in [0.717, 1.165) is 16.1 Å². The fourth-order valence-electron chi connectivity index (χ4n) is 1.40. The van der Waals surface area contributed by atoms with E-state index in [-0.39, 0.29) is 5.91 Å².